The number of nitrogens with zero attached hydrogens (tertiary/aromatic N) is 2. The predicted molar refractivity (Wildman–Crippen MR) is 158 cm³/mol. The van der Waals surface area contributed by atoms with Crippen molar-refractivity contribution in [3.8, 4) is 11.5 Å². The standard InChI is InChI=1S/C28H38N8O6/c29-27(30)35-14-19(38)9-11-33-23(40)8-2-16-1-7-22-21(13-16)24(25(42-22)17-3-5-18(37)6-4-17)26(41)34-12-10-20(39)15-36-28(31)32/h1-8,13,19-20,24-25,37-39H,9-12,14-15H2,(H,33,40)(H,34,41)(H4,29,30,35)(H4,31,32,36)/b8-2+. The maximum atomic E-state index is 13.4. The summed E-state index contributed by atoms with van der Waals surface area (Å²) in [4.78, 5) is 33.2. The van der Waals surface area contributed by atoms with Crippen molar-refractivity contribution in [2.75, 3.05) is 26.2 Å². The van der Waals surface area contributed by atoms with Gasteiger partial charge in [-0.05, 0) is 54.3 Å². The van der Waals surface area contributed by atoms with Gasteiger partial charge in [0, 0.05) is 24.7 Å². The molecule has 0 saturated carbocycles. The van der Waals surface area contributed by atoms with Gasteiger partial charge in [-0.1, -0.05) is 18.2 Å². The average molecular weight is 583 g/mol. The second-order valence-electron chi connectivity index (χ2n) is 9.74. The van der Waals surface area contributed by atoms with Crippen molar-refractivity contribution in [1.82, 2.24) is 10.6 Å². The third-order valence-corrected chi connectivity index (χ3v) is 6.38. The van der Waals surface area contributed by atoms with Crippen LogP contribution < -0.4 is 38.3 Å². The number of phenolic OH excluding ortho intramolecular Hbond substituents is 1. The highest BCUT2D eigenvalue weighted by molar-refractivity contribution is 5.92. The number of carbonyl (C=O) groups is 2. The summed E-state index contributed by atoms with van der Waals surface area (Å²) in [5.41, 5.74) is 23.1. The minimum absolute atomic E-state index is 0.0194. The Morgan fingerprint density at radius 3 is 2.10 bits per heavy atom. The van der Waals surface area contributed by atoms with Crippen LogP contribution in [0.3, 0.4) is 0 Å². The van der Waals surface area contributed by atoms with Gasteiger partial charge < -0.3 is 53.6 Å². The summed E-state index contributed by atoms with van der Waals surface area (Å²) in [6, 6.07) is 11.7. The number of phenols is 1. The number of carbonyl (C=O) groups excluding carboxylic acids is 2. The van der Waals surface area contributed by atoms with Crippen LogP contribution in [0.1, 0.15) is 41.6 Å². The van der Waals surface area contributed by atoms with Crippen LogP contribution in [0.5, 0.6) is 11.5 Å². The van der Waals surface area contributed by atoms with E-state index in [2.05, 4.69) is 20.6 Å². The van der Waals surface area contributed by atoms with Crippen molar-refractivity contribution in [2.24, 2.45) is 32.9 Å². The van der Waals surface area contributed by atoms with E-state index in [1.165, 1.54) is 18.2 Å². The zero-order valence-corrected chi connectivity index (χ0v) is 23.0. The van der Waals surface area contributed by atoms with Crippen LogP contribution in [0, 0.1) is 0 Å². The molecule has 42 heavy (non-hydrogen) atoms. The van der Waals surface area contributed by atoms with Crippen LogP contribution in [0.2, 0.25) is 0 Å². The lowest BCUT2D eigenvalue weighted by Crippen LogP contribution is -2.34. The molecule has 0 aromatic heterocycles. The summed E-state index contributed by atoms with van der Waals surface area (Å²) in [5, 5.41) is 35.2. The van der Waals surface area contributed by atoms with E-state index >= 15 is 0 Å². The van der Waals surface area contributed by atoms with Gasteiger partial charge in [-0.3, -0.25) is 19.6 Å². The van der Waals surface area contributed by atoms with Gasteiger partial charge in [0.25, 0.3) is 0 Å². The van der Waals surface area contributed by atoms with Crippen LogP contribution >= 0.6 is 0 Å². The first kappa shape index (κ1) is 31.7. The lowest BCUT2D eigenvalue weighted by molar-refractivity contribution is -0.124. The van der Waals surface area contributed by atoms with Crippen LogP contribution in [-0.2, 0) is 9.59 Å². The molecule has 0 bridgehead atoms. The molecular weight excluding hydrogens is 544 g/mol. The highest BCUT2D eigenvalue weighted by Crippen LogP contribution is 2.46. The van der Waals surface area contributed by atoms with E-state index in [9.17, 15) is 24.9 Å². The van der Waals surface area contributed by atoms with Crippen molar-refractivity contribution >= 4 is 29.8 Å². The van der Waals surface area contributed by atoms with Gasteiger partial charge in [0.1, 0.15) is 23.5 Å². The number of guanidine groups is 2. The molecule has 4 unspecified atom stereocenters. The van der Waals surface area contributed by atoms with Crippen molar-refractivity contribution in [3.63, 3.8) is 0 Å². The maximum absolute atomic E-state index is 13.4. The number of amides is 2. The number of benzene rings is 2. The molecule has 3 rings (SSSR count). The second kappa shape index (κ2) is 15.3. The number of fused-ring (bicyclic) bond motifs is 1. The van der Waals surface area contributed by atoms with Gasteiger partial charge in [0.2, 0.25) is 11.8 Å². The van der Waals surface area contributed by atoms with Gasteiger partial charge in [0.15, 0.2) is 11.9 Å². The van der Waals surface area contributed by atoms with Crippen molar-refractivity contribution in [3.05, 3.63) is 65.2 Å². The van der Waals surface area contributed by atoms with Crippen LogP contribution in [0.25, 0.3) is 6.08 Å². The van der Waals surface area contributed by atoms with Gasteiger partial charge in [-0.2, -0.15) is 0 Å². The summed E-state index contributed by atoms with van der Waals surface area (Å²) < 4.78 is 6.16. The Labute approximate surface area is 243 Å². The molecule has 2 amide bonds. The number of aliphatic hydroxyl groups excluding tert-OH is 2. The van der Waals surface area contributed by atoms with Gasteiger partial charge in [-0.15, -0.1) is 0 Å². The number of nitrogens with two attached hydrogens (primary N) is 4. The SMILES string of the molecule is NC(N)=NCC(O)CCNC(=O)/C=C/c1ccc2c(c1)C(C(=O)NCCC(O)CN=C(N)N)C(c1ccc(O)cc1)O2. The van der Waals surface area contributed by atoms with E-state index < -0.39 is 24.2 Å². The molecule has 0 spiro atoms. The zero-order valence-electron chi connectivity index (χ0n) is 23.0. The number of aliphatic imine (C=N–C) groups is 2. The number of hydrogen-bond donors (Lipinski definition) is 9. The third kappa shape index (κ3) is 9.67. The summed E-state index contributed by atoms with van der Waals surface area (Å²) in [7, 11) is 0. The van der Waals surface area contributed by atoms with Gasteiger partial charge in [-0.25, -0.2) is 0 Å². The first-order valence-corrected chi connectivity index (χ1v) is 13.3. The van der Waals surface area contributed by atoms with Crippen molar-refractivity contribution < 1.29 is 29.6 Å². The largest absolute Gasteiger partial charge is 0.508 e. The first-order valence-electron chi connectivity index (χ1n) is 13.3. The molecule has 0 saturated heterocycles. The molecule has 14 nitrogen and oxygen atoms in total. The van der Waals surface area contributed by atoms with Crippen LogP contribution in [0.4, 0.5) is 0 Å². The van der Waals surface area contributed by atoms with Gasteiger partial charge >= 0.3 is 0 Å². The molecule has 2 aromatic carbocycles. The predicted octanol–water partition coefficient (Wildman–Crippen LogP) is -1.10. The molecule has 2 aromatic rings. The number of hydrogen-bond acceptors (Lipinski definition) is 8. The first-order chi connectivity index (χ1) is 20.0. The average Bonchev–Trinajstić information content (AvgIpc) is 3.33. The normalized spacial score (nSPS) is 17.0. The Balaban J connectivity index is 1.69. The second-order valence-corrected chi connectivity index (χ2v) is 9.74. The molecule has 0 radical (unpaired) electrons. The smallest absolute Gasteiger partial charge is 0.244 e. The molecule has 0 fully saturated rings. The third-order valence-electron chi connectivity index (χ3n) is 6.38. The van der Waals surface area contributed by atoms with Gasteiger partial charge in [0.05, 0.1) is 25.3 Å². The minimum atomic E-state index is -0.836. The Hall–Kier alpha value is -4.82. The summed E-state index contributed by atoms with van der Waals surface area (Å²) in [6.45, 7) is 0.462. The number of aromatic hydroxyl groups is 1. The lowest BCUT2D eigenvalue weighted by atomic mass is 9.89. The molecule has 0 aliphatic carbocycles. The fourth-order valence-corrected chi connectivity index (χ4v) is 4.26. The number of ether oxygens (including phenoxy) is 1. The molecule has 4 atom stereocenters. The summed E-state index contributed by atoms with van der Waals surface area (Å²) in [5.74, 6) is -1.08. The maximum Gasteiger partial charge on any atom is 0.244 e. The Bertz CT molecular complexity index is 1310. The monoisotopic (exact) mass is 582 g/mol. The molecule has 13 N–H and O–H groups in total. The Morgan fingerprint density at radius 2 is 1.50 bits per heavy atom. The Morgan fingerprint density at radius 1 is 0.905 bits per heavy atom. The number of aliphatic hydroxyl groups is 2. The minimum Gasteiger partial charge on any atom is -0.508 e. The summed E-state index contributed by atoms with van der Waals surface area (Å²) in [6.07, 6.45) is 1.17. The quantitative estimate of drug-likeness (QED) is 0.0738. The Kier molecular flexibility index (Phi) is 11.5. The van der Waals surface area contributed by atoms with Crippen molar-refractivity contribution in [2.45, 2.75) is 37.1 Å². The number of nitrogens with one attached hydrogen (secondary N) is 2. The van der Waals surface area contributed by atoms with Crippen molar-refractivity contribution in [1.29, 1.82) is 0 Å². The zero-order chi connectivity index (χ0) is 30.6. The molecular formula is C28H38N8O6. The van der Waals surface area contributed by atoms with E-state index in [0.29, 0.717) is 22.4 Å². The highest BCUT2D eigenvalue weighted by atomic mass is 16.5. The molecule has 226 valence electrons. The molecule has 1 heterocycles. The van der Waals surface area contributed by atoms with E-state index in [4.69, 9.17) is 27.7 Å². The topological polar surface area (TPSA) is 257 Å². The molecule has 1 aliphatic rings. The number of rotatable bonds is 14. The highest BCUT2D eigenvalue weighted by Gasteiger charge is 2.40. The van der Waals surface area contributed by atoms with E-state index in [1.807, 2.05) is 0 Å². The molecule has 1 aliphatic heterocycles. The van der Waals surface area contributed by atoms with Crippen LogP contribution in [0.15, 0.2) is 58.5 Å². The fraction of sp³-hybridized carbons (Fsp3) is 0.357. The van der Waals surface area contributed by atoms with E-state index in [0.717, 1.165) is 0 Å². The summed E-state index contributed by atoms with van der Waals surface area (Å²) >= 11 is 0. The lowest BCUT2D eigenvalue weighted by Gasteiger charge is -2.20. The van der Waals surface area contributed by atoms with E-state index in [-0.39, 0.29) is 68.5 Å². The fourth-order valence-electron chi connectivity index (χ4n) is 4.26. The van der Waals surface area contributed by atoms with E-state index in [1.54, 1.807) is 36.4 Å². The van der Waals surface area contributed by atoms with Crippen LogP contribution in [-0.4, -0.2) is 77.4 Å². The molecule has 14 heteroatoms.